The van der Waals surface area contributed by atoms with Crippen LogP contribution in [-0.4, -0.2) is 22.4 Å². The number of nitrogens with zero attached hydrogens (tertiary/aromatic N) is 1. The summed E-state index contributed by atoms with van der Waals surface area (Å²) in [6.45, 7) is 4.42. The second-order valence-electron chi connectivity index (χ2n) is 3.07. The molecule has 0 unspecified atom stereocenters. The van der Waals surface area contributed by atoms with Crippen molar-refractivity contribution in [2.45, 2.75) is 19.8 Å². The Morgan fingerprint density at radius 1 is 1.50 bits per heavy atom. The summed E-state index contributed by atoms with van der Waals surface area (Å²) in [5, 5.41) is 2.11. The minimum atomic E-state index is 0. The summed E-state index contributed by atoms with van der Waals surface area (Å²) in [4.78, 5) is 0. The van der Waals surface area contributed by atoms with Gasteiger partial charge in [-0.3, -0.25) is 0 Å². The van der Waals surface area contributed by atoms with Crippen molar-refractivity contribution in [3.05, 3.63) is 0 Å². The Bertz CT molecular complexity index is 146. The van der Waals surface area contributed by atoms with Gasteiger partial charge in [0.2, 0.25) is 0 Å². The molecule has 1 aliphatic heterocycles. The summed E-state index contributed by atoms with van der Waals surface area (Å²) in [6.07, 6.45) is 2.48. The van der Waals surface area contributed by atoms with E-state index in [9.17, 15) is 0 Å². The number of hydrogen-bond donors (Lipinski definition) is 1. The van der Waals surface area contributed by atoms with Crippen molar-refractivity contribution in [1.82, 2.24) is 10.4 Å². The second kappa shape index (κ2) is 7.06. The number of hydrogen-bond acceptors (Lipinski definition) is 3. The summed E-state index contributed by atoms with van der Waals surface area (Å²) in [6, 6.07) is 0. The smallest absolute Gasteiger partial charge is 0.410 e. The van der Waals surface area contributed by atoms with Crippen LogP contribution in [0.2, 0.25) is 0 Å². The van der Waals surface area contributed by atoms with Crippen molar-refractivity contribution in [2.75, 3.05) is 13.1 Å². The van der Waals surface area contributed by atoms with E-state index in [1.807, 2.05) is 0 Å². The Balaban J connectivity index is 0.00000121. The maximum atomic E-state index is 4.77. The molecule has 1 aliphatic rings. The fraction of sp³-hybridized carbons (Fsp3) is 0.857. The van der Waals surface area contributed by atoms with Gasteiger partial charge in [0.05, 0.1) is 0 Å². The first kappa shape index (κ1) is 13.7. The molecule has 5 heteroatoms. The van der Waals surface area contributed by atoms with Crippen molar-refractivity contribution >= 4 is 29.2 Å². The van der Waals surface area contributed by atoms with Crippen LogP contribution in [0.4, 0.5) is 0 Å². The molecule has 0 aromatic heterocycles. The van der Waals surface area contributed by atoms with Gasteiger partial charge in [-0.15, -0.1) is 0 Å². The van der Waals surface area contributed by atoms with Gasteiger partial charge in [0, 0.05) is 13.1 Å². The molecule has 0 aromatic rings. The van der Waals surface area contributed by atoms with Gasteiger partial charge in [0.15, 0.2) is 0 Å². The van der Waals surface area contributed by atoms with E-state index in [2.05, 4.69) is 17.4 Å². The van der Waals surface area contributed by atoms with E-state index in [0.717, 1.165) is 19.0 Å². The molecule has 12 heavy (non-hydrogen) atoms. The molecule has 64 valence electrons. The summed E-state index contributed by atoms with van der Waals surface area (Å²) in [5.74, 6) is 0.853. The van der Waals surface area contributed by atoms with Crippen LogP contribution >= 0.6 is 12.2 Å². The van der Waals surface area contributed by atoms with Crippen LogP contribution in [0.25, 0.3) is 0 Å². The average Bonchev–Trinajstić information content (AvgIpc) is 1.93. The first-order valence-corrected chi connectivity index (χ1v) is 4.72. The zero-order valence-electron chi connectivity index (χ0n) is 7.67. The fourth-order valence-electron chi connectivity index (χ4n) is 1.25. The predicted molar refractivity (Wildman–Crippen MR) is 53.1 cm³/mol. The van der Waals surface area contributed by atoms with Crippen molar-refractivity contribution in [3.63, 3.8) is 0 Å². The third-order valence-corrected chi connectivity index (χ3v) is 2.22. The molecule has 0 amide bonds. The maximum Gasteiger partial charge on any atom is 1.00 e. The summed E-state index contributed by atoms with van der Waals surface area (Å²) < 4.78 is 0.458. The summed E-state index contributed by atoms with van der Waals surface area (Å²) in [7, 11) is 0. The molecule has 2 nitrogen and oxygen atoms in total. The van der Waals surface area contributed by atoms with Crippen molar-refractivity contribution in [3.8, 4) is 0 Å². The minimum absolute atomic E-state index is 0. The molecular formula is C7H13KN2S2. The topological polar surface area (TPSA) is 15.3 Å². The number of rotatable bonds is 1. The van der Waals surface area contributed by atoms with Gasteiger partial charge in [0.25, 0.3) is 0 Å². The zero-order valence-corrected chi connectivity index (χ0v) is 12.4. The van der Waals surface area contributed by atoms with Crippen LogP contribution < -0.4 is 56.8 Å². The Labute approximate surface area is 128 Å². The van der Waals surface area contributed by atoms with Gasteiger partial charge in [-0.25, -0.2) is 5.01 Å². The quantitative estimate of drug-likeness (QED) is 0.319. The molecular weight excluding hydrogens is 215 g/mol. The van der Waals surface area contributed by atoms with Crippen molar-refractivity contribution in [2.24, 2.45) is 5.92 Å². The van der Waals surface area contributed by atoms with Gasteiger partial charge < -0.3 is 30.3 Å². The molecule has 0 bridgehead atoms. The van der Waals surface area contributed by atoms with Gasteiger partial charge in [-0.1, -0.05) is 6.92 Å². The molecule has 0 saturated carbocycles. The normalized spacial score (nSPS) is 19.8. The van der Waals surface area contributed by atoms with Crippen LogP contribution in [0.1, 0.15) is 19.8 Å². The molecule has 1 heterocycles. The number of thiocarbonyl (C=S) groups is 1. The molecule has 1 fully saturated rings. The molecule has 0 atom stereocenters. The van der Waals surface area contributed by atoms with E-state index in [4.69, 9.17) is 24.8 Å². The Hall–Kier alpha value is 1.71. The van der Waals surface area contributed by atoms with Gasteiger partial charge >= 0.3 is 51.4 Å². The zero-order chi connectivity index (χ0) is 8.27. The van der Waals surface area contributed by atoms with Gasteiger partial charge in [-0.05, 0) is 23.1 Å². The maximum absolute atomic E-state index is 4.77. The Morgan fingerprint density at radius 3 is 2.42 bits per heavy atom. The van der Waals surface area contributed by atoms with E-state index < -0.39 is 0 Å². The number of nitrogens with one attached hydrogen (secondary N) is 1. The van der Waals surface area contributed by atoms with Crippen LogP contribution in [0.3, 0.4) is 0 Å². The Kier molecular flexibility index (Phi) is 8.06. The van der Waals surface area contributed by atoms with Gasteiger partial charge in [-0.2, -0.15) is 0 Å². The third kappa shape index (κ3) is 5.44. The first-order chi connectivity index (χ1) is 5.18. The van der Waals surface area contributed by atoms with E-state index in [-0.39, 0.29) is 51.4 Å². The Morgan fingerprint density at radius 2 is 2.00 bits per heavy atom. The van der Waals surface area contributed by atoms with E-state index in [1.54, 1.807) is 0 Å². The van der Waals surface area contributed by atoms with Crippen LogP contribution in [0.15, 0.2) is 0 Å². The van der Waals surface area contributed by atoms with E-state index >= 15 is 0 Å². The van der Waals surface area contributed by atoms with Crippen LogP contribution in [0, 0.1) is 5.92 Å². The molecule has 1 saturated heterocycles. The standard InChI is InChI=1S/C7H14N2S2.K/c1-6-2-4-9(5-3-6)8-7(10)11;/h6H,2-5H2,1H3,(H2,8,10,11);/q;+1/p-1. The van der Waals surface area contributed by atoms with Crippen LogP contribution in [0.5, 0.6) is 0 Å². The fourth-order valence-corrected chi connectivity index (χ4v) is 1.51. The SMILES string of the molecule is CC1CCN(NC(=S)[S-])CC1.[K+]. The molecule has 1 N–H and O–H groups in total. The van der Waals surface area contributed by atoms with Crippen molar-refractivity contribution in [1.29, 1.82) is 0 Å². The number of piperidine rings is 1. The minimum Gasteiger partial charge on any atom is -0.410 e. The number of hydrazine groups is 1. The summed E-state index contributed by atoms with van der Waals surface area (Å²) >= 11 is 9.54. The molecule has 0 aromatic carbocycles. The van der Waals surface area contributed by atoms with Gasteiger partial charge in [0.1, 0.15) is 0 Å². The largest absolute Gasteiger partial charge is 1.00 e. The molecule has 0 aliphatic carbocycles. The third-order valence-electron chi connectivity index (χ3n) is 2.03. The second-order valence-corrected chi connectivity index (χ2v) is 4.14. The van der Waals surface area contributed by atoms with E-state index in [0.29, 0.717) is 4.32 Å². The molecule has 0 radical (unpaired) electrons. The molecule has 0 spiro atoms. The average molecular weight is 228 g/mol. The summed E-state index contributed by atoms with van der Waals surface area (Å²) in [5.41, 5.74) is 2.98. The molecule has 1 rings (SSSR count). The monoisotopic (exact) mass is 228 g/mol. The van der Waals surface area contributed by atoms with E-state index in [1.165, 1.54) is 12.8 Å². The van der Waals surface area contributed by atoms with Crippen molar-refractivity contribution < 1.29 is 51.4 Å². The first-order valence-electron chi connectivity index (χ1n) is 3.91. The predicted octanol–water partition coefficient (Wildman–Crippen LogP) is -1.94. The van der Waals surface area contributed by atoms with Crippen LogP contribution in [-0.2, 0) is 12.6 Å².